The van der Waals surface area contributed by atoms with Crippen molar-refractivity contribution in [1.29, 1.82) is 0 Å². The van der Waals surface area contributed by atoms with Crippen LogP contribution in [0.15, 0.2) is 59.2 Å². The van der Waals surface area contributed by atoms with Crippen LogP contribution in [-0.4, -0.2) is 11.6 Å². The van der Waals surface area contributed by atoms with E-state index in [1.807, 2.05) is 44.2 Å². The van der Waals surface area contributed by atoms with Crippen LogP contribution in [0, 0.1) is 5.92 Å². The molecule has 0 fully saturated rings. The molecule has 0 heterocycles. The Morgan fingerprint density at radius 1 is 1.38 bits per heavy atom. The van der Waals surface area contributed by atoms with E-state index >= 15 is 0 Å². The van der Waals surface area contributed by atoms with E-state index in [0.29, 0.717) is 12.3 Å². The van der Waals surface area contributed by atoms with Gasteiger partial charge in [0.05, 0.1) is 12.1 Å². The molecule has 0 aliphatic heterocycles. The Labute approximate surface area is 126 Å². The van der Waals surface area contributed by atoms with Crippen molar-refractivity contribution in [2.75, 3.05) is 0 Å². The summed E-state index contributed by atoms with van der Waals surface area (Å²) in [4.78, 5) is 11.9. The zero-order chi connectivity index (χ0) is 15.2. The molecule has 1 aliphatic carbocycles. The van der Waals surface area contributed by atoms with Crippen LogP contribution in [-0.2, 0) is 11.2 Å². The molecule has 0 spiro atoms. The van der Waals surface area contributed by atoms with Crippen molar-refractivity contribution < 1.29 is 4.79 Å². The molecule has 110 valence electrons. The molecular formula is C18H22N2O. The van der Waals surface area contributed by atoms with Crippen molar-refractivity contribution in [2.24, 2.45) is 11.0 Å². The van der Waals surface area contributed by atoms with Gasteiger partial charge < -0.3 is 0 Å². The van der Waals surface area contributed by atoms with Crippen LogP contribution in [0.3, 0.4) is 0 Å². The van der Waals surface area contributed by atoms with Gasteiger partial charge in [0.25, 0.3) is 0 Å². The van der Waals surface area contributed by atoms with Crippen molar-refractivity contribution in [2.45, 2.75) is 33.1 Å². The summed E-state index contributed by atoms with van der Waals surface area (Å²) < 4.78 is 0. The Bertz CT molecular complexity index is 584. The van der Waals surface area contributed by atoms with E-state index in [0.717, 1.165) is 29.7 Å². The van der Waals surface area contributed by atoms with Crippen LogP contribution in [0.5, 0.6) is 0 Å². The molecule has 1 atom stereocenters. The second-order valence-corrected chi connectivity index (χ2v) is 5.63. The highest BCUT2D eigenvalue weighted by molar-refractivity contribution is 6.01. The van der Waals surface area contributed by atoms with E-state index in [9.17, 15) is 4.79 Å². The number of nitrogens with one attached hydrogen (secondary N) is 1. The van der Waals surface area contributed by atoms with Crippen LogP contribution >= 0.6 is 0 Å². The molecular weight excluding hydrogens is 260 g/mol. The standard InChI is InChI=1S/C18H22N2O/c1-13(2)16-10-9-14(3)17(12-16)19-20-18(21)11-15-7-5-4-6-8-15/h4-9,16H,1,10-12H2,2-3H3,(H,20,21)/b19-17-/t16-/m0/s1. The van der Waals surface area contributed by atoms with Gasteiger partial charge in [0, 0.05) is 0 Å². The average Bonchev–Trinajstić information content (AvgIpc) is 2.47. The van der Waals surface area contributed by atoms with E-state index in [2.05, 4.69) is 23.2 Å². The number of carbonyl (C=O) groups is 1. The second-order valence-electron chi connectivity index (χ2n) is 5.63. The summed E-state index contributed by atoms with van der Waals surface area (Å²) in [6, 6.07) is 9.68. The van der Waals surface area contributed by atoms with Gasteiger partial charge in [-0.15, -0.1) is 0 Å². The SMILES string of the molecule is C=C(C)[C@H]1CC=C(C)/C(=N\NC(=O)Cc2ccccc2)C1. The van der Waals surface area contributed by atoms with Crippen molar-refractivity contribution in [3.8, 4) is 0 Å². The Morgan fingerprint density at radius 2 is 2.10 bits per heavy atom. The predicted octanol–water partition coefficient (Wildman–Crippen LogP) is 3.63. The first kappa shape index (κ1) is 15.2. The molecule has 1 aliphatic rings. The Morgan fingerprint density at radius 3 is 2.76 bits per heavy atom. The third kappa shape index (κ3) is 4.42. The lowest BCUT2D eigenvalue weighted by molar-refractivity contribution is -0.120. The molecule has 0 aromatic heterocycles. The number of rotatable bonds is 4. The number of hydrazone groups is 1. The van der Waals surface area contributed by atoms with Crippen LogP contribution in [0.2, 0.25) is 0 Å². The minimum absolute atomic E-state index is 0.0843. The molecule has 1 aromatic carbocycles. The average molecular weight is 282 g/mol. The minimum atomic E-state index is -0.0843. The molecule has 0 unspecified atom stereocenters. The molecule has 0 saturated heterocycles. The number of hydrogen-bond acceptors (Lipinski definition) is 2. The molecule has 1 N–H and O–H groups in total. The summed E-state index contributed by atoms with van der Waals surface area (Å²) in [5.41, 5.74) is 6.93. The van der Waals surface area contributed by atoms with Gasteiger partial charge >= 0.3 is 0 Å². The number of benzene rings is 1. The smallest absolute Gasteiger partial charge is 0.244 e. The molecule has 3 nitrogen and oxygen atoms in total. The fourth-order valence-electron chi connectivity index (χ4n) is 2.37. The fraction of sp³-hybridized carbons (Fsp3) is 0.333. The number of allylic oxidation sites excluding steroid dienone is 3. The molecule has 2 rings (SSSR count). The monoisotopic (exact) mass is 282 g/mol. The highest BCUT2D eigenvalue weighted by Gasteiger charge is 2.18. The quantitative estimate of drug-likeness (QED) is 0.665. The Balaban J connectivity index is 1.96. The van der Waals surface area contributed by atoms with Crippen molar-refractivity contribution in [3.63, 3.8) is 0 Å². The van der Waals surface area contributed by atoms with Gasteiger partial charge in [0.1, 0.15) is 0 Å². The van der Waals surface area contributed by atoms with Gasteiger partial charge in [0.2, 0.25) is 5.91 Å². The van der Waals surface area contributed by atoms with Crippen LogP contribution in [0.4, 0.5) is 0 Å². The molecule has 0 bridgehead atoms. The van der Waals surface area contributed by atoms with Gasteiger partial charge in [-0.25, -0.2) is 5.43 Å². The van der Waals surface area contributed by atoms with Crippen LogP contribution in [0.25, 0.3) is 0 Å². The van der Waals surface area contributed by atoms with E-state index in [4.69, 9.17) is 0 Å². The summed E-state index contributed by atoms with van der Waals surface area (Å²) in [5, 5.41) is 4.30. The highest BCUT2D eigenvalue weighted by Crippen LogP contribution is 2.26. The summed E-state index contributed by atoms with van der Waals surface area (Å²) in [6.07, 6.45) is 4.39. The summed E-state index contributed by atoms with van der Waals surface area (Å²) in [5.74, 6) is 0.345. The molecule has 1 amide bonds. The molecule has 21 heavy (non-hydrogen) atoms. The molecule has 0 saturated carbocycles. The van der Waals surface area contributed by atoms with Crippen LogP contribution in [0.1, 0.15) is 32.3 Å². The third-order valence-electron chi connectivity index (χ3n) is 3.82. The first-order valence-corrected chi connectivity index (χ1v) is 7.28. The maximum absolute atomic E-state index is 11.9. The molecule has 0 radical (unpaired) electrons. The molecule has 1 aromatic rings. The third-order valence-corrected chi connectivity index (χ3v) is 3.82. The van der Waals surface area contributed by atoms with Crippen LogP contribution < -0.4 is 5.43 Å². The Kier molecular flexibility index (Phi) is 5.09. The predicted molar refractivity (Wildman–Crippen MR) is 87.0 cm³/mol. The van der Waals surface area contributed by atoms with E-state index < -0.39 is 0 Å². The number of nitrogens with zero attached hydrogens (tertiary/aromatic N) is 1. The van der Waals surface area contributed by atoms with Crippen molar-refractivity contribution >= 4 is 11.6 Å². The maximum atomic E-state index is 11.9. The lowest BCUT2D eigenvalue weighted by Gasteiger charge is -2.22. The largest absolute Gasteiger partial charge is 0.273 e. The maximum Gasteiger partial charge on any atom is 0.244 e. The van der Waals surface area contributed by atoms with Gasteiger partial charge in [-0.3, -0.25) is 4.79 Å². The zero-order valence-electron chi connectivity index (χ0n) is 12.7. The second kappa shape index (κ2) is 7.02. The van der Waals surface area contributed by atoms with Gasteiger partial charge in [-0.1, -0.05) is 48.6 Å². The molecule has 3 heteroatoms. The topological polar surface area (TPSA) is 41.5 Å². The highest BCUT2D eigenvalue weighted by atomic mass is 16.2. The van der Waals surface area contributed by atoms with E-state index in [1.54, 1.807) is 0 Å². The first-order valence-electron chi connectivity index (χ1n) is 7.28. The number of amides is 1. The first-order chi connectivity index (χ1) is 10.1. The van der Waals surface area contributed by atoms with Gasteiger partial charge in [-0.05, 0) is 43.7 Å². The minimum Gasteiger partial charge on any atom is -0.273 e. The normalized spacial score (nSPS) is 20.0. The van der Waals surface area contributed by atoms with Gasteiger partial charge in [0.15, 0.2) is 0 Å². The number of carbonyl (C=O) groups excluding carboxylic acids is 1. The summed E-state index contributed by atoms with van der Waals surface area (Å²) in [7, 11) is 0. The van der Waals surface area contributed by atoms with Gasteiger partial charge in [-0.2, -0.15) is 5.10 Å². The summed E-state index contributed by atoms with van der Waals surface area (Å²) >= 11 is 0. The lowest BCUT2D eigenvalue weighted by Crippen LogP contribution is -2.24. The zero-order valence-corrected chi connectivity index (χ0v) is 12.7. The Hall–Kier alpha value is -2.16. The summed E-state index contributed by atoms with van der Waals surface area (Å²) in [6.45, 7) is 8.10. The fourth-order valence-corrected chi connectivity index (χ4v) is 2.37. The van der Waals surface area contributed by atoms with Crippen molar-refractivity contribution in [3.05, 3.63) is 59.7 Å². The van der Waals surface area contributed by atoms with Crippen molar-refractivity contribution in [1.82, 2.24) is 5.43 Å². The lowest BCUT2D eigenvalue weighted by atomic mass is 9.85. The number of hydrogen-bond donors (Lipinski definition) is 1. The van der Waals surface area contributed by atoms with E-state index in [1.165, 1.54) is 5.57 Å². The van der Waals surface area contributed by atoms with E-state index in [-0.39, 0.29) is 5.91 Å².